The van der Waals surface area contributed by atoms with Gasteiger partial charge in [-0.05, 0) is 43.5 Å². The van der Waals surface area contributed by atoms with Gasteiger partial charge in [0.25, 0.3) is 0 Å². The number of aliphatic hydroxyl groups excluding tert-OH is 1. The summed E-state index contributed by atoms with van der Waals surface area (Å²) in [5.41, 5.74) is 6.90. The van der Waals surface area contributed by atoms with E-state index in [1.54, 1.807) is 6.07 Å². The number of likely N-dealkylation sites (tertiary alicyclic amines) is 1. The Balaban J connectivity index is 1.82. The number of nitrogens with zero attached hydrogens (tertiary/aromatic N) is 1. The van der Waals surface area contributed by atoms with Gasteiger partial charge in [-0.3, -0.25) is 0 Å². The molecule has 1 aromatic carbocycles. The molecule has 18 heavy (non-hydrogen) atoms. The average molecular weight is 252 g/mol. The second-order valence-corrected chi connectivity index (χ2v) is 5.05. The highest BCUT2D eigenvalue weighted by Gasteiger charge is 2.18. The van der Waals surface area contributed by atoms with Gasteiger partial charge in [0, 0.05) is 19.1 Å². The second kappa shape index (κ2) is 6.27. The summed E-state index contributed by atoms with van der Waals surface area (Å²) in [6.07, 6.45) is 2.52. The molecule has 1 heterocycles. The minimum atomic E-state index is -0.239. The van der Waals surface area contributed by atoms with Crippen LogP contribution in [0.5, 0.6) is 0 Å². The smallest absolute Gasteiger partial charge is 0.123 e. The lowest BCUT2D eigenvalue weighted by molar-refractivity contribution is 0.0692. The fraction of sp³-hybridized carbons (Fsp3) is 0.571. The molecule has 1 aromatic rings. The van der Waals surface area contributed by atoms with Crippen molar-refractivity contribution in [3.05, 3.63) is 35.6 Å². The largest absolute Gasteiger partial charge is 0.392 e. The quantitative estimate of drug-likeness (QED) is 0.857. The van der Waals surface area contributed by atoms with E-state index in [9.17, 15) is 9.50 Å². The van der Waals surface area contributed by atoms with Crippen molar-refractivity contribution < 1.29 is 9.50 Å². The van der Waals surface area contributed by atoms with Crippen LogP contribution in [0, 0.1) is 5.82 Å². The van der Waals surface area contributed by atoms with Gasteiger partial charge >= 0.3 is 0 Å². The maximum Gasteiger partial charge on any atom is 0.123 e. The minimum absolute atomic E-state index is 0.139. The van der Waals surface area contributed by atoms with Crippen LogP contribution in [0.25, 0.3) is 0 Å². The molecule has 0 radical (unpaired) electrons. The van der Waals surface area contributed by atoms with Crippen molar-refractivity contribution in [1.29, 1.82) is 0 Å². The molecule has 4 heteroatoms. The number of hydrogen-bond donors (Lipinski definition) is 2. The summed E-state index contributed by atoms with van der Waals surface area (Å²) in [6.45, 7) is 2.61. The molecule has 0 saturated carbocycles. The van der Waals surface area contributed by atoms with E-state index >= 15 is 0 Å². The Hall–Kier alpha value is -0.970. The summed E-state index contributed by atoms with van der Waals surface area (Å²) in [7, 11) is 0. The highest BCUT2D eigenvalue weighted by atomic mass is 19.1. The molecular weight excluding hydrogens is 231 g/mol. The van der Waals surface area contributed by atoms with E-state index in [2.05, 4.69) is 4.90 Å². The summed E-state index contributed by atoms with van der Waals surface area (Å²) >= 11 is 0. The summed E-state index contributed by atoms with van der Waals surface area (Å²) in [6, 6.07) is 6.33. The van der Waals surface area contributed by atoms with Crippen LogP contribution in [0.15, 0.2) is 24.3 Å². The zero-order valence-electron chi connectivity index (χ0n) is 10.6. The van der Waals surface area contributed by atoms with E-state index in [0.717, 1.165) is 44.5 Å². The SMILES string of the molecule is NC(CCN1CCCC(O)C1)c1cccc(F)c1. The Morgan fingerprint density at radius 3 is 3.06 bits per heavy atom. The average Bonchev–Trinajstić information content (AvgIpc) is 2.36. The zero-order valence-corrected chi connectivity index (χ0v) is 10.6. The van der Waals surface area contributed by atoms with Crippen molar-refractivity contribution in [2.75, 3.05) is 19.6 Å². The van der Waals surface area contributed by atoms with Crippen molar-refractivity contribution >= 4 is 0 Å². The molecule has 1 fully saturated rings. The van der Waals surface area contributed by atoms with Crippen molar-refractivity contribution in [1.82, 2.24) is 4.90 Å². The van der Waals surface area contributed by atoms with E-state index in [4.69, 9.17) is 5.73 Å². The minimum Gasteiger partial charge on any atom is -0.392 e. The zero-order chi connectivity index (χ0) is 13.0. The van der Waals surface area contributed by atoms with Crippen LogP contribution in [0.3, 0.4) is 0 Å². The highest BCUT2D eigenvalue weighted by Crippen LogP contribution is 2.17. The van der Waals surface area contributed by atoms with Gasteiger partial charge < -0.3 is 15.7 Å². The van der Waals surface area contributed by atoms with E-state index < -0.39 is 0 Å². The number of rotatable bonds is 4. The molecule has 1 saturated heterocycles. The Bertz CT molecular complexity index is 386. The number of β-amino-alcohol motifs (C(OH)–C–C–N with tert-alkyl or cyclic N) is 1. The van der Waals surface area contributed by atoms with Crippen molar-refractivity contribution in [3.63, 3.8) is 0 Å². The van der Waals surface area contributed by atoms with E-state index in [-0.39, 0.29) is 18.0 Å². The van der Waals surface area contributed by atoms with E-state index in [1.807, 2.05) is 6.07 Å². The van der Waals surface area contributed by atoms with Gasteiger partial charge in [-0.1, -0.05) is 12.1 Å². The van der Waals surface area contributed by atoms with Crippen LogP contribution in [-0.4, -0.2) is 35.7 Å². The van der Waals surface area contributed by atoms with Crippen LogP contribution in [0.1, 0.15) is 30.9 Å². The van der Waals surface area contributed by atoms with Gasteiger partial charge in [-0.2, -0.15) is 0 Å². The van der Waals surface area contributed by atoms with Gasteiger partial charge in [0.05, 0.1) is 6.10 Å². The van der Waals surface area contributed by atoms with Crippen LogP contribution >= 0.6 is 0 Å². The van der Waals surface area contributed by atoms with Gasteiger partial charge in [0.15, 0.2) is 0 Å². The van der Waals surface area contributed by atoms with Gasteiger partial charge in [0.2, 0.25) is 0 Å². The third-order valence-electron chi connectivity index (χ3n) is 3.51. The lowest BCUT2D eigenvalue weighted by Gasteiger charge is -2.30. The molecule has 2 atom stereocenters. The molecule has 2 unspecified atom stereocenters. The number of halogens is 1. The molecule has 3 N–H and O–H groups in total. The van der Waals surface area contributed by atoms with Crippen molar-refractivity contribution in [2.24, 2.45) is 5.73 Å². The monoisotopic (exact) mass is 252 g/mol. The summed E-state index contributed by atoms with van der Waals surface area (Å²) < 4.78 is 13.1. The number of benzene rings is 1. The maximum atomic E-state index is 13.1. The molecular formula is C14H21FN2O. The first-order chi connectivity index (χ1) is 8.65. The first kappa shape index (κ1) is 13.5. The number of aliphatic hydroxyl groups is 1. The molecule has 0 aliphatic carbocycles. The van der Waals surface area contributed by atoms with Gasteiger partial charge in [-0.25, -0.2) is 4.39 Å². The fourth-order valence-corrected chi connectivity index (χ4v) is 2.46. The number of hydrogen-bond acceptors (Lipinski definition) is 3. The molecule has 100 valence electrons. The lowest BCUT2D eigenvalue weighted by atomic mass is 10.0. The summed E-state index contributed by atoms with van der Waals surface area (Å²) in [5, 5.41) is 9.58. The molecule has 3 nitrogen and oxygen atoms in total. The first-order valence-electron chi connectivity index (χ1n) is 6.56. The summed E-state index contributed by atoms with van der Waals surface area (Å²) in [5.74, 6) is -0.239. The number of piperidine rings is 1. The molecule has 1 aliphatic heterocycles. The predicted molar refractivity (Wildman–Crippen MR) is 69.6 cm³/mol. The second-order valence-electron chi connectivity index (χ2n) is 5.05. The molecule has 0 spiro atoms. The standard InChI is InChI=1S/C14H21FN2O/c15-12-4-1-3-11(9-12)14(16)6-8-17-7-2-5-13(18)10-17/h1,3-4,9,13-14,18H,2,5-8,10,16H2. The Kier molecular flexibility index (Phi) is 4.69. The molecule has 1 aliphatic rings. The molecule has 2 rings (SSSR count). The van der Waals surface area contributed by atoms with Crippen molar-refractivity contribution in [2.45, 2.75) is 31.4 Å². The third kappa shape index (κ3) is 3.77. The molecule has 0 bridgehead atoms. The van der Waals surface area contributed by atoms with Crippen LogP contribution in [0.2, 0.25) is 0 Å². The van der Waals surface area contributed by atoms with E-state index in [0.29, 0.717) is 0 Å². The molecule has 0 aromatic heterocycles. The normalized spacial score (nSPS) is 22.9. The first-order valence-corrected chi connectivity index (χ1v) is 6.56. The summed E-state index contributed by atoms with van der Waals surface area (Å²) in [4.78, 5) is 2.23. The van der Waals surface area contributed by atoms with Crippen molar-refractivity contribution in [3.8, 4) is 0 Å². The topological polar surface area (TPSA) is 49.5 Å². The van der Waals surface area contributed by atoms with E-state index in [1.165, 1.54) is 12.1 Å². The molecule has 0 amide bonds. The highest BCUT2D eigenvalue weighted by molar-refractivity contribution is 5.19. The Labute approximate surface area is 107 Å². The van der Waals surface area contributed by atoms with Crippen LogP contribution in [0.4, 0.5) is 4.39 Å². The predicted octanol–water partition coefficient (Wildman–Crippen LogP) is 1.67. The lowest BCUT2D eigenvalue weighted by Crippen LogP contribution is -2.39. The van der Waals surface area contributed by atoms with Gasteiger partial charge in [-0.15, -0.1) is 0 Å². The maximum absolute atomic E-state index is 13.1. The Morgan fingerprint density at radius 2 is 2.33 bits per heavy atom. The third-order valence-corrected chi connectivity index (χ3v) is 3.51. The van der Waals surface area contributed by atoms with Crippen LogP contribution in [-0.2, 0) is 0 Å². The number of nitrogens with two attached hydrogens (primary N) is 1. The van der Waals surface area contributed by atoms with Gasteiger partial charge in [0.1, 0.15) is 5.82 Å². The van der Waals surface area contributed by atoms with Crippen LogP contribution < -0.4 is 5.73 Å². The Morgan fingerprint density at radius 1 is 1.50 bits per heavy atom. The fourth-order valence-electron chi connectivity index (χ4n) is 2.46.